The lowest BCUT2D eigenvalue weighted by Gasteiger charge is -2.11. The molecule has 0 N–H and O–H groups in total. The highest BCUT2D eigenvalue weighted by molar-refractivity contribution is 6.30. The van der Waals surface area contributed by atoms with Gasteiger partial charge >= 0.3 is 0 Å². The lowest BCUT2D eigenvalue weighted by molar-refractivity contribution is 0.746. The van der Waals surface area contributed by atoms with Crippen molar-refractivity contribution >= 4 is 22.6 Å². The number of rotatable bonds is 4. The van der Waals surface area contributed by atoms with Crippen molar-refractivity contribution in [1.82, 2.24) is 14.1 Å². The minimum Gasteiger partial charge on any atom is -0.294 e. The van der Waals surface area contributed by atoms with Crippen LogP contribution < -0.4 is 5.56 Å². The number of aromatic nitrogens is 3. The van der Waals surface area contributed by atoms with Crippen LogP contribution in [-0.2, 0) is 6.54 Å². The molecule has 0 aliphatic rings. The van der Waals surface area contributed by atoms with Crippen LogP contribution in [0, 0.1) is 0 Å². The molecule has 0 aliphatic carbocycles. The molecule has 146 valence electrons. The summed E-state index contributed by atoms with van der Waals surface area (Å²) in [6.45, 7) is 0.482. The molecule has 0 saturated heterocycles. The van der Waals surface area contributed by atoms with E-state index in [1.54, 1.807) is 10.9 Å². The van der Waals surface area contributed by atoms with Crippen molar-refractivity contribution in [3.05, 3.63) is 118 Å². The topological polar surface area (TPSA) is 39.8 Å². The van der Waals surface area contributed by atoms with Crippen LogP contribution in [0.2, 0.25) is 5.02 Å². The molecule has 0 fully saturated rings. The largest absolute Gasteiger partial charge is 0.294 e. The molecule has 0 amide bonds. The zero-order valence-corrected chi connectivity index (χ0v) is 16.8. The maximum absolute atomic E-state index is 13.3. The van der Waals surface area contributed by atoms with Crippen LogP contribution in [0.15, 0.2) is 102 Å². The van der Waals surface area contributed by atoms with Gasteiger partial charge in [0.1, 0.15) is 6.33 Å². The van der Waals surface area contributed by atoms with Gasteiger partial charge in [0.15, 0.2) is 5.65 Å². The Morgan fingerprint density at radius 2 is 1.50 bits per heavy atom. The van der Waals surface area contributed by atoms with Gasteiger partial charge in [0.25, 0.3) is 5.56 Å². The van der Waals surface area contributed by atoms with Crippen molar-refractivity contribution in [3.63, 3.8) is 0 Å². The van der Waals surface area contributed by atoms with Gasteiger partial charge in [-0.15, -0.1) is 0 Å². The van der Waals surface area contributed by atoms with Crippen molar-refractivity contribution in [2.24, 2.45) is 0 Å². The van der Waals surface area contributed by atoms with E-state index in [1.165, 1.54) is 0 Å². The van der Waals surface area contributed by atoms with Gasteiger partial charge in [0.05, 0.1) is 17.6 Å². The second-order valence-corrected chi connectivity index (χ2v) is 7.54. The molecular formula is C25H18ClN3O. The first kappa shape index (κ1) is 18.4. The smallest absolute Gasteiger partial charge is 0.263 e. The lowest BCUT2D eigenvalue weighted by Crippen LogP contribution is -2.21. The summed E-state index contributed by atoms with van der Waals surface area (Å²) in [5.41, 5.74) is 4.45. The monoisotopic (exact) mass is 411 g/mol. The second kappa shape index (κ2) is 7.65. The van der Waals surface area contributed by atoms with E-state index in [9.17, 15) is 4.79 Å². The van der Waals surface area contributed by atoms with E-state index in [0.29, 0.717) is 22.6 Å². The fraction of sp³-hybridized carbons (Fsp3) is 0.0400. The zero-order valence-electron chi connectivity index (χ0n) is 16.1. The Hall–Kier alpha value is -3.63. The number of fused-ring (bicyclic) bond motifs is 1. The first-order valence-corrected chi connectivity index (χ1v) is 10.0. The molecule has 0 atom stereocenters. The third kappa shape index (κ3) is 3.31. The fourth-order valence-electron chi connectivity index (χ4n) is 3.68. The number of halogens is 1. The Morgan fingerprint density at radius 3 is 2.20 bits per heavy atom. The van der Waals surface area contributed by atoms with Crippen LogP contribution in [0.3, 0.4) is 0 Å². The van der Waals surface area contributed by atoms with Crippen LogP contribution in [0.25, 0.3) is 28.0 Å². The standard InChI is InChI=1S/C25H18ClN3O/c26-20-11-13-21(14-12-20)29-23(19-9-5-2-6-10-19)15-22-24(29)27-17-28(25(22)30)16-18-7-3-1-4-8-18/h1-15,17H,16H2. The summed E-state index contributed by atoms with van der Waals surface area (Å²) < 4.78 is 3.66. The number of benzene rings is 3. The maximum Gasteiger partial charge on any atom is 0.263 e. The normalized spacial score (nSPS) is 11.1. The number of nitrogens with zero attached hydrogens (tertiary/aromatic N) is 3. The van der Waals surface area contributed by atoms with Gasteiger partial charge in [0, 0.05) is 10.7 Å². The highest BCUT2D eigenvalue weighted by Crippen LogP contribution is 2.29. The highest BCUT2D eigenvalue weighted by Gasteiger charge is 2.17. The van der Waals surface area contributed by atoms with Crippen molar-refractivity contribution < 1.29 is 0 Å². The highest BCUT2D eigenvalue weighted by atomic mass is 35.5. The molecule has 5 aromatic rings. The van der Waals surface area contributed by atoms with Crippen LogP contribution >= 0.6 is 11.6 Å². The summed E-state index contributed by atoms with van der Waals surface area (Å²) in [6, 6.07) is 29.4. The van der Waals surface area contributed by atoms with Gasteiger partial charge in [0.2, 0.25) is 0 Å². The molecule has 0 unspecified atom stereocenters. The Balaban J connectivity index is 1.73. The molecule has 5 rings (SSSR count). The number of hydrogen-bond donors (Lipinski definition) is 0. The summed E-state index contributed by atoms with van der Waals surface area (Å²) in [7, 11) is 0. The zero-order chi connectivity index (χ0) is 20.5. The van der Waals surface area contributed by atoms with Gasteiger partial charge in [-0.1, -0.05) is 72.3 Å². The Labute approximate surface area is 178 Å². The lowest BCUT2D eigenvalue weighted by atomic mass is 10.1. The minimum absolute atomic E-state index is 0.0613. The van der Waals surface area contributed by atoms with Gasteiger partial charge < -0.3 is 0 Å². The summed E-state index contributed by atoms with van der Waals surface area (Å²) in [5, 5.41) is 1.25. The van der Waals surface area contributed by atoms with E-state index in [4.69, 9.17) is 11.6 Å². The molecule has 0 aliphatic heterocycles. The van der Waals surface area contributed by atoms with E-state index in [1.807, 2.05) is 95.6 Å². The molecule has 0 radical (unpaired) electrons. The maximum atomic E-state index is 13.3. The van der Waals surface area contributed by atoms with E-state index >= 15 is 0 Å². The third-order valence-electron chi connectivity index (χ3n) is 5.14. The minimum atomic E-state index is -0.0613. The van der Waals surface area contributed by atoms with Crippen molar-refractivity contribution in [2.75, 3.05) is 0 Å². The summed E-state index contributed by atoms with van der Waals surface area (Å²) in [6.07, 6.45) is 1.62. The molecule has 5 heteroatoms. The van der Waals surface area contributed by atoms with Crippen LogP contribution in [0.5, 0.6) is 0 Å². The second-order valence-electron chi connectivity index (χ2n) is 7.11. The van der Waals surface area contributed by atoms with E-state index in [2.05, 4.69) is 4.98 Å². The van der Waals surface area contributed by atoms with Crippen molar-refractivity contribution in [2.45, 2.75) is 6.54 Å². The molecule has 30 heavy (non-hydrogen) atoms. The molecule has 3 aromatic carbocycles. The first-order valence-electron chi connectivity index (χ1n) is 9.67. The average Bonchev–Trinajstić information content (AvgIpc) is 3.18. The number of hydrogen-bond acceptors (Lipinski definition) is 2. The van der Waals surface area contributed by atoms with Crippen LogP contribution in [0.4, 0.5) is 0 Å². The van der Waals surface area contributed by atoms with Crippen molar-refractivity contribution in [1.29, 1.82) is 0 Å². The van der Waals surface area contributed by atoms with Gasteiger partial charge in [-0.3, -0.25) is 13.9 Å². The molecule has 2 aromatic heterocycles. The van der Waals surface area contributed by atoms with E-state index in [0.717, 1.165) is 22.5 Å². The Morgan fingerprint density at radius 1 is 0.833 bits per heavy atom. The Kier molecular flexibility index (Phi) is 4.69. The summed E-state index contributed by atoms with van der Waals surface area (Å²) >= 11 is 6.09. The molecule has 0 spiro atoms. The predicted octanol–water partition coefficient (Wildman–Crippen LogP) is 5.56. The predicted molar refractivity (Wildman–Crippen MR) is 121 cm³/mol. The molecule has 2 heterocycles. The average molecular weight is 412 g/mol. The third-order valence-corrected chi connectivity index (χ3v) is 5.39. The van der Waals surface area contributed by atoms with E-state index in [-0.39, 0.29) is 5.56 Å². The quantitative estimate of drug-likeness (QED) is 0.388. The molecule has 0 saturated carbocycles. The van der Waals surface area contributed by atoms with Gasteiger partial charge in [-0.05, 0) is 41.5 Å². The first-order chi connectivity index (χ1) is 14.7. The van der Waals surface area contributed by atoms with Crippen LogP contribution in [-0.4, -0.2) is 14.1 Å². The fourth-order valence-corrected chi connectivity index (χ4v) is 3.81. The van der Waals surface area contributed by atoms with E-state index < -0.39 is 0 Å². The summed E-state index contributed by atoms with van der Waals surface area (Å²) in [4.78, 5) is 18.0. The molecule has 0 bridgehead atoms. The molecule has 4 nitrogen and oxygen atoms in total. The SMILES string of the molecule is O=c1c2cc(-c3ccccc3)n(-c3ccc(Cl)cc3)c2ncn1Cc1ccccc1. The van der Waals surface area contributed by atoms with Gasteiger partial charge in [-0.2, -0.15) is 0 Å². The molecular weight excluding hydrogens is 394 g/mol. The van der Waals surface area contributed by atoms with Crippen LogP contribution in [0.1, 0.15) is 5.56 Å². The Bertz CT molecular complexity index is 1370. The van der Waals surface area contributed by atoms with Crippen molar-refractivity contribution in [3.8, 4) is 16.9 Å². The van der Waals surface area contributed by atoms with Gasteiger partial charge in [-0.25, -0.2) is 4.98 Å². The summed E-state index contributed by atoms with van der Waals surface area (Å²) in [5.74, 6) is 0.